The average molecular weight is 794 g/mol. The Labute approximate surface area is 336 Å². The molecule has 0 radical (unpaired) electrons. The summed E-state index contributed by atoms with van der Waals surface area (Å²) in [5, 5.41) is 14.4. The Bertz CT molecular complexity index is 2270. The molecule has 0 atom stereocenters. The first-order chi connectivity index (χ1) is 26.9. The lowest BCUT2D eigenvalue weighted by molar-refractivity contribution is -0.153. The highest BCUT2D eigenvalue weighted by Gasteiger charge is 2.30. The third-order valence-electron chi connectivity index (χ3n) is 9.25. The van der Waals surface area contributed by atoms with Crippen molar-refractivity contribution in [2.75, 3.05) is 20.8 Å². The smallest absolute Gasteiger partial charge is 0.310 e. The normalized spacial score (nSPS) is 12.0. The standard InChI is InChI=1S/C44H51N5O7S/c1-30(2)38-20-33(24-45)21-39(40(38)23-42(50)56-43(3,4)5)34-18-19-46-41(22-34)55-29-44(6,7)49-28-37(25-47-49)57(51,52)48(26-31-10-14-35(53-8)15-11-31)27-32-12-16-36(54-9)17-13-32/h10-22,25,28,30H,23,26-27,29H2,1-9H3. The van der Waals surface area contributed by atoms with E-state index in [1.807, 2.05) is 84.9 Å². The van der Waals surface area contributed by atoms with Crippen molar-refractivity contribution in [3.8, 4) is 34.6 Å². The number of pyridine rings is 1. The summed E-state index contributed by atoms with van der Waals surface area (Å²) in [6.45, 7) is 13.6. The van der Waals surface area contributed by atoms with Crippen molar-refractivity contribution in [2.45, 2.75) is 89.9 Å². The van der Waals surface area contributed by atoms with E-state index < -0.39 is 21.2 Å². The molecule has 12 nitrogen and oxygen atoms in total. The van der Waals surface area contributed by atoms with Gasteiger partial charge < -0.3 is 18.9 Å². The van der Waals surface area contributed by atoms with Crippen LogP contribution in [0.3, 0.4) is 0 Å². The number of carbonyl (C=O) groups excluding carboxylic acids is 1. The Morgan fingerprint density at radius 3 is 2.02 bits per heavy atom. The molecule has 0 bridgehead atoms. The van der Waals surface area contributed by atoms with Gasteiger partial charge in [0.2, 0.25) is 15.9 Å². The highest BCUT2D eigenvalue weighted by molar-refractivity contribution is 7.89. The minimum atomic E-state index is -4.03. The fourth-order valence-corrected chi connectivity index (χ4v) is 7.59. The zero-order valence-electron chi connectivity index (χ0n) is 34.1. The maximum absolute atomic E-state index is 14.3. The Kier molecular flexibility index (Phi) is 13.1. The average Bonchev–Trinajstić information content (AvgIpc) is 3.70. The van der Waals surface area contributed by atoms with E-state index in [1.54, 1.807) is 61.5 Å². The summed E-state index contributed by atoms with van der Waals surface area (Å²) in [7, 11) is -0.869. The molecule has 0 saturated heterocycles. The number of nitrogens with zero attached hydrogens (tertiary/aromatic N) is 5. The lowest BCUT2D eigenvalue weighted by Crippen LogP contribution is -2.34. The quantitative estimate of drug-likeness (QED) is 0.0900. The Balaban J connectivity index is 1.39. The van der Waals surface area contributed by atoms with Crippen LogP contribution in [0.1, 0.15) is 82.2 Å². The minimum Gasteiger partial charge on any atom is -0.497 e. The van der Waals surface area contributed by atoms with E-state index in [9.17, 15) is 18.5 Å². The van der Waals surface area contributed by atoms with Crippen molar-refractivity contribution >= 4 is 16.0 Å². The largest absolute Gasteiger partial charge is 0.497 e. The van der Waals surface area contributed by atoms with E-state index in [4.69, 9.17) is 18.9 Å². The molecule has 0 aliphatic rings. The third kappa shape index (κ3) is 10.8. The molecule has 0 spiro atoms. The Morgan fingerprint density at radius 1 is 0.895 bits per heavy atom. The summed E-state index contributed by atoms with van der Waals surface area (Å²) in [5.41, 5.74) is 3.68. The lowest BCUT2D eigenvalue weighted by atomic mass is 9.87. The second-order valence-corrected chi connectivity index (χ2v) is 17.6. The fraction of sp³-hybridized carbons (Fsp3) is 0.364. The van der Waals surface area contributed by atoms with Gasteiger partial charge in [-0.25, -0.2) is 13.4 Å². The first kappa shape index (κ1) is 42.4. The number of ether oxygens (including phenoxy) is 4. The van der Waals surface area contributed by atoms with Gasteiger partial charge >= 0.3 is 5.97 Å². The molecule has 3 aromatic carbocycles. The molecule has 0 saturated carbocycles. The van der Waals surface area contributed by atoms with Gasteiger partial charge in [-0.15, -0.1) is 0 Å². The van der Waals surface area contributed by atoms with Gasteiger partial charge in [-0.1, -0.05) is 38.1 Å². The maximum atomic E-state index is 14.3. The number of methoxy groups -OCH3 is 2. The topological polar surface area (TPSA) is 146 Å². The molecule has 0 unspecified atom stereocenters. The molecule has 0 amide bonds. The van der Waals surface area contributed by atoms with E-state index in [1.165, 1.54) is 16.7 Å². The summed E-state index contributed by atoms with van der Waals surface area (Å²) in [5.74, 6) is 1.32. The van der Waals surface area contributed by atoms with Crippen LogP contribution in [-0.2, 0) is 44.6 Å². The number of hydrogen-bond acceptors (Lipinski definition) is 10. The predicted molar refractivity (Wildman–Crippen MR) is 217 cm³/mol. The van der Waals surface area contributed by atoms with Crippen LogP contribution in [0.15, 0.2) is 96.3 Å². The number of hydrogen-bond donors (Lipinski definition) is 0. The number of benzene rings is 3. The number of rotatable bonds is 16. The second-order valence-electron chi connectivity index (χ2n) is 15.7. The summed E-state index contributed by atoms with van der Waals surface area (Å²) in [4.78, 5) is 17.6. The van der Waals surface area contributed by atoms with Crippen molar-refractivity contribution in [1.82, 2.24) is 19.1 Å². The first-order valence-corrected chi connectivity index (χ1v) is 20.1. The molecule has 57 heavy (non-hydrogen) atoms. The number of sulfonamides is 1. The molecule has 300 valence electrons. The zero-order chi connectivity index (χ0) is 41.5. The number of esters is 1. The number of nitriles is 1. The molecule has 0 aliphatic carbocycles. The fourth-order valence-electron chi connectivity index (χ4n) is 6.24. The van der Waals surface area contributed by atoms with Crippen LogP contribution in [0.4, 0.5) is 0 Å². The van der Waals surface area contributed by atoms with E-state index >= 15 is 0 Å². The van der Waals surface area contributed by atoms with Gasteiger partial charge in [-0.05, 0) is 116 Å². The van der Waals surface area contributed by atoms with Crippen LogP contribution in [-0.4, -0.2) is 59.9 Å². The first-order valence-electron chi connectivity index (χ1n) is 18.6. The van der Waals surface area contributed by atoms with Gasteiger partial charge in [-0.3, -0.25) is 9.48 Å². The van der Waals surface area contributed by atoms with Crippen LogP contribution in [0.25, 0.3) is 11.1 Å². The molecule has 0 aliphatic heterocycles. The number of aromatic nitrogens is 3. The van der Waals surface area contributed by atoms with E-state index in [2.05, 4.69) is 16.2 Å². The Morgan fingerprint density at radius 2 is 1.49 bits per heavy atom. The van der Waals surface area contributed by atoms with Gasteiger partial charge in [-0.2, -0.15) is 14.7 Å². The molecule has 5 rings (SSSR count). The van der Waals surface area contributed by atoms with E-state index in [0.29, 0.717) is 28.5 Å². The maximum Gasteiger partial charge on any atom is 0.310 e. The van der Waals surface area contributed by atoms with Gasteiger partial charge in [0, 0.05) is 31.5 Å². The lowest BCUT2D eigenvalue weighted by Gasteiger charge is -2.25. The Hall–Kier alpha value is -5.71. The van der Waals surface area contributed by atoms with Gasteiger partial charge in [0.05, 0.1) is 44.0 Å². The van der Waals surface area contributed by atoms with Gasteiger partial charge in [0.25, 0.3) is 0 Å². The zero-order valence-corrected chi connectivity index (χ0v) is 34.9. The molecular formula is C44H51N5O7S. The molecule has 2 aromatic heterocycles. The molecule has 5 aromatic rings. The van der Waals surface area contributed by atoms with E-state index in [-0.39, 0.29) is 42.9 Å². The van der Waals surface area contributed by atoms with Crippen LogP contribution in [0.5, 0.6) is 17.4 Å². The van der Waals surface area contributed by atoms with Gasteiger partial charge in [0.15, 0.2) is 0 Å². The van der Waals surface area contributed by atoms with Crippen LogP contribution < -0.4 is 14.2 Å². The molecule has 0 fully saturated rings. The highest BCUT2D eigenvalue weighted by Crippen LogP contribution is 2.34. The van der Waals surface area contributed by atoms with Crippen molar-refractivity contribution in [3.63, 3.8) is 0 Å². The van der Waals surface area contributed by atoms with Crippen molar-refractivity contribution in [3.05, 3.63) is 119 Å². The van der Waals surface area contributed by atoms with Crippen LogP contribution in [0, 0.1) is 11.3 Å². The van der Waals surface area contributed by atoms with Crippen molar-refractivity contribution < 1.29 is 32.2 Å². The molecular weight excluding hydrogens is 743 g/mol. The van der Waals surface area contributed by atoms with Gasteiger partial charge in [0.1, 0.15) is 28.6 Å². The summed E-state index contributed by atoms with van der Waals surface area (Å²) in [6, 6.07) is 24.0. The van der Waals surface area contributed by atoms with Crippen molar-refractivity contribution in [2.24, 2.45) is 0 Å². The molecule has 2 heterocycles. The monoisotopic (exact) mass is 793 g/mol. The molecule has 0 N–H and O–H groups in total. The molecule has 13 heteroatoms. The minimum absolute atomic E-state index is 0.0273. The van der Waals surface area contributed by atoms with Crippen LogP contribution in [0.2, 0.25) is 0 Å². The summed E-state index contributed by atoms with van der Waals surface area (Å²) < 4.78 is 54.1. The second kappa shape index (κ2) is 17.6. The summed E-state index contributed by atoms with van der Waals surface area (Å²) >= 11 is 0. The number of carbonyl (C=O) groups is 1. The predicted octanol–water partition coefficient (Wildman–Crippen LogP) is 8.05. The SMILES string of the molecule is COc1ccc(CN(Cc2ccc(OC)cc2)S(=O)(=O)c2cnn(C(C)(C)COc3cc(-c4cc(C#N)cc(C(C)C)c4CC(=O)OC(C)(C)C)ccn3)c2)cc1. The third-order valence-corrected chi connectivity index (χ3v) is 11.0. The van der Waals surface area contributed by atoms with Crippen molar-refractivity contribution in [1.29, 1.82) is 5.26 Å². The highest BCUT2D eigenvalue weighted by atomic mass is 32.2. The van der Waals surface area contributed by atoms with E-state index in [0.717, 1.165) is 27.8 Å². The van der Waals surface area contributed by atoms with Crippen LogP contribution >= 0.6 is 0 Å². The summed E-state index contributed by atoms with van der Waals surface area (Å²) in [6.07, 6.45) is 4.51.